The minimum Gasteiger partial charge on any atom is -0.351 e. The first-order chi connectivity index (χ1) is 17.6. The Morgan fingerprint density at radius 2 is 1.84 bits per heavy atom. The molecule has 1 fully saturated rings. The maximum Gasteiger partial charge on any atom is 0.213 e. The quantitative estimate of drug-likeness (QED) is 0.180. The van der Waals surface area contributed by atoms with E-state index in [0.29, 0.717) is 18.4 Å². The second-order valence-electron chi connectivity index (χ2n) is 9.11. The average molecular weight is 493 g/mol. The third kappa shape index (κ3) is 5.51. The number of aromatic nitrogens is 3. The zero-order valence-electron chi connectivity index (χ0n) is 20.4. The van der Waals surface area contributed by atoms with E-state index in [0.717, 1.165) is 46.8 Å². The summed E-state index contributed by atoms with van der Waals surface area (Å²) in [6, 6.07) is 24.0. The van der Waals surface area contributed by atoms with Crippen molar-refractivity contribution in [3.8, 4) is 17.5 Å². The number of nitrogens with one attached hydrogen (secondary N) is 1. The number of aliphatic imine (C=N–C) groups is 1. The minimum absolute atomic E-state index is 0. The summed E-state index contributed by atoms with van der Waals surface area (Å²) in [6.45, 7) is 6.57. The van der Waals surface area contributed by atoms with E-state index < -0.39 is 0 Å². The molecule has 1 saturated heterocycles. The van der Waals surface area contributed by atoms with Crippen molar-refractivity contribution in [2.45, 2.75) is 27.3 Å². The van der Waals surface area contributed by atoms with Gasteiger partial charge in [0.25, 0.3) is 0 Å². The highest BCUT2D eigenvalue weighted by molar-refractivity contribution is 5.94. The predicted octanol–water partition coefficient (Wildman–Crippen LogP) is 5.23. The van der Waals surface area contributed by atoms with Gasteiger partial charge in [0, 0.05) is 36.8 Å². The first-order valence-corrected chi connectivity index (χ1v) is 12.1. The molecule has 0 saturated carbocycles. The molecule has 1 aliphatic heterocycles. The molecule has 1 N–H and O–H groups in total. The van der Waals surface area contributed by atoms with E-state index in [2.05, 4.69) is 50.3 Å². The maximum absolute atomic E-state index is 9.52. The first-order valence-electron chi connectivity index (χ1n) is 12.1. The van der Waals surface area contributed by atoms with Gasteiger partial charge in [-0.05, 0) is 42.3 Å². The molecule has 8 nitrogen and oxygen atoms in total. The number of guanidine groups is 1. The molecule has 0 bridgehead atoms. The predicted molar refractivity (Wildman–Crippen MR) is 149 cm³/mol. The molecule has 0 unspecified atom stereocenters. The third-order valence-electron chi connectivity index (χ3n) is 6.52. The Bertz CT molecular complexity index is 1390. The molecular weight excluding hydrogens is 460 g/mol. The van der Waals surface area contributed by atoms with Crippen molar-refractivity contribution in [1.29, 1.82) is 5.26 Å². The zero-order valence-corrected chi connectivity index (χ0v) is 20.4. The van der Waals surface area contributed by atoms with Crippen LogP contribution in [-0.4, -0.2) is 51.7 Å². The van der Waals surface area contributed by atoms with Gasteiger partial charge in [0.2, 0.25) is 5.96 Å². The lowest BCUT2D eigenvalue weighted by molar-refractivity contribution is 0.220. The number of pyridine rings is 1. The molecule has 188 valence electrons. The van der Waals surface area contributed by atoms with Crippen molar-refractivity contribution in [3.63, 3.8) is 0 Å². The number of fused-ring (bicyclic) bond motifs is 1. The second kappa shape index (κ2) is 11.5. The van der Waals surface area contributed by atoms with Gasteiger partial charge in [-0.3, -0.25) is 10.3 Å². The van der Waals surface area contributed by atoms with Gasteiger partial charge >= 0.3 is 0 Å². The molecule has 1 aliphatic rings. The van der Waals surface area contributed by atoms with Crippen LogP contribution in [0.15, 0.2) is 84.0 Å². The third-order valence-corrected chi connectivity index (χ3v) is 6.52. The number of anilines is 1. The maximum atomic E-state index is 9.52. The lowest BCUT2D eigenvalue weighted by Gasteiger charge is -2.44. The van der Waals surface area contributed by atoms with Gasteiger partial charge in [0.1, 0.15) is 0 Å². The second-order valence-corrected chi connectivity index (χ2v) is 9.11. The van der Waals surface area contributed by atoms with E-state index in [1.165, 1.54) is 0 Å². The Hall–Kier alpha value is -4.51. The van der Waals surface area contributed by atoms with Crippen molar-refractivity contribution in [1.82, 2.24) is 25.4 Å². The molecule has 1 atom stereocenters. The van der Waals surface area contributed by atoms with Crippen LogP contribution in [0, 0.1) is 17.4 Å². The molecular formula is C29H32N8. The van der Waals surface area contributed by atoms with Crippen molar-refractivity contribution in [2.24, 2.45) is 10.9 Å². The van der Waals surface area contributed by atoms with E-state index in [9.17, 15) is 5.26 Å². The lowest BCUT2D eigenvalue weighted by Crippen LogP contribution is -2.59. The van der Waals surface area contributed by atoms with Crippen molar-refractivity contribution >= 4 is 28.4 Å². The standard InChI is InChI=1S/C28H28N8.CH4/c1-20(2)26-18-35(27-14-13-23(33-34-27)21-8-4-3-5-9-21)16-17-36(26)28(31-19-29)32-25-12-6-11-24-22(25)10-7-15-30-24;/h3-15,20,26H,16-18H2,1-2H3,(H,31,32);1H4/t26-;/m0./s1. The van der Waals surface area contributed by atoms with E-state index >= 15 is 0 Å². The van der Waals surface area contributed by atoms with Crippen LogP contribution in [0.2, 0.25) is 0 Å². The summed E-state index contributed by atoms with van der Waals surface area (Å²) < 4.78 is 0. The van der Waals surface area contributed by atoms with Gasteiger partial charge in [-0.15, -0.1) is 10.2 Å². The van der Waals surface area contributed by atoms with E-state index in [4.69, 9.17) is 4.99 Å². The van der Waals surface area contributed by atoms with Gasteiger partial charge in [-0.2, -0.15) is 5.26 Å². The molecule has 0 aliphatic carbocycles. The molecule has 8 heteroatoms. The summed E-state index contributed by atoms with van der Waals surface area (Å²) in [5, 5.41) is 22.3. The van der Waals surface area contributed by atoms with E-state index in [1.807, 2.05) is 72.8 Å². The normalized spacial score (nSPS) is 15.8. The SMILES string of the molecule is C.CC(C)[C@@H]1CN(c2ccc(-c3ccccc3)nn2)CCN1C(=Nc1cccc2ncccc12)NC#N. The van der Waals surface area contributed by atoms with Gasteiger partial charge in [0.15, 0.2) is 12.0 Å². The Morgan fingerprint density at radius 3 is 2.57 bits per heavy atom. The molecule has 2 aromatic heterocycles. The van der Waals surface area contributed by atoms with Crippen molar-refractivity contribution < 1.29 is 0 Å². The van der Waals surface area contributed by atoms with E-state index in [-0.39, 0.29) is 13.5 Å². The smallest absolute Gasteiger partial charge is 0.213 e. The summed E-state index contributed by atoms with van der Waals surface area (Å²) >= 11 is 0. The number of nitrogens with zero attached hydrogens (tertiary/aromatic N) is 7. The molecule has 3 heterocycles. The van der Waals surface area contributed by atoms with Crippen LogP contribution in [0.25, 0.3) is 22.2 Å². The highest BCUT2D eigenvalue weighted by Crippen LogP contribution is 2.27. The number of rotatable bonds is 4. The van der Waals surface area contributed by atoms with Crippen LogP contribution in [0.1, 0.15) is 21.3 Å². The summed E-state index contributed by atoms with van der Waals surface area (Å²) in [5.41, 5.74) is 3.56. The summed E-state index contributed by atoms with van der Waals surface area (Å²) in [4.78, 5) is 13.8. The topological polar surface area (TPSA) is 93.3 Å². The Kier molecular flexibility index (Phi) is 7.94. The number of hydrogen-bond acceptors (Lipinski definition) is 6. The van der Waals surface area contributed by atoms with Gasteiger partial charge in [-0.25, -0.2) is 4.99 Å². The monoisotopic (exact) mass is 492 g/mol. The molecule has 5 rings (SSSR count). The largest absolute Gasteiger partial charge is 0.351 e. The molecule has 4 aromatic rings. The number of benzene rings is 2. The Balaban J connectivity index is 0.00000320. The fourth-order valence-electron chi connectivity index (χ4n) is 4.62. The van der Waals surface area contributed by atoms with Gasteiger partial charge in [0.05, 0.1) is 22.9 Å². The molecule has 0 spiro atoms. The van der Waals surface area contributed by atoms with Crippen LogP contribution >= 0.6 is 0 Å². The van der Waals surface area contributed by atoms with Gasteiger partial charge in [-0.1, -0.05) is 57.7 Å². The molecule has 0 amide bonds. The van der Waals surface area contributed by atoms with Crippen molar-refractivity contribution in [3.05, 3.63) is 79.0 Å². The van der Waals surface area contributed by atoms with Crippen LogP contribution in [-0.2, 0) is 0 Å². The van der Waals surface area contributed by atoms with Crippen molar-refractivity contribution in [2.75, 3.05) is 24.5 Å². The molecule has 2 aromatic carbocycles. The fourth-order valence-corrected chi connectivity index (χ4v) is 4.62. The zero-order chi connectivity index (χ0) is 24.9. The number of piperazine rings is 1. The molecule has 0 radical (unpaired) electrons. The lowest BCUT2D eigenvalue weighted by atomic mass is 9.99. The Morgan fingerprint density at radius 1 is 1.00 bits per heavy atom. The fraction of sp³-hybridized carbons (Fsp3) is 0.276. The minimum atomic E-state index is 0. The summed E-state index contributed by atoms with van der Waals surface area (Å²) in [6.07, 6.45) is 3.85. The summed E-state index contributed by atoms with van der Waals surface area (Å²) in [7, 11) is 0. The van der Waals surface area contributed by atoms with Crippen LogP contribution in [0.3, 0.4) is 0 Å². The van der Waals surface area contributed by atoms with Crippen LogP contribution < -0.4 is 10.2 Å². The number of nitriles is 1. The number of hydrogen-bond donors (Lipinski definition) is 1. The highest BCUT2D eigenvalue weighted by atomic mass is 15.4. The first kappa shape index (κ1) is 25.6. The van der Waals surface area contributed by atoms with E-state index in [1.54, 1.807) is 6.20 Å². The molecule has 37 heavy (non-hydrogen) atoms. The summed E-state index contributed by atoms with van der Waals surface area (Å²) in [5.74, 6) is 1.73. The van der Waals surface area contributed by atoms with Crippen LogP contribution in [0.5, 0.6) is 0 Å². The van der Waals surface area contributed by atoms with Gasteiger partial charge < -0.3 is 9.80 Å². The van der Waals surface area contributed by atoms with Crippen LogP contribution in [0.4, 0.5) is 11.5 Å². The highest BCUT2D eigenvalue weighted by Gasteiger charge is 2.32. The Labute approximate surface area is 218 Å². The average Bonchev–Trinajstić information content (AvgIpc) is 2.93.